The van der Waals surface area contributed by atoms with Gasteiger partial charge in [-0.1, -0.05) is 12.1 Å². The summed E-state index contributed by atoms with van der Waals surface area (Å²) in [6, 6.07) is 8.69. The third-order valence-electron chi connectivity index (χ3n) is 9.42. The SMILES string of the molecule is Cn1c2ccncc2c2ccc(-c3cnc(N4CC(OC5CCN(CC(F)(F)COC6CCC6)CC5)C4)c(C(F)(F)F)c3)cc21. The molecule has 0 bridgehead atoms. The summed E-state index contributed by atoms with van der Waals surface area (Å²) in [6.45, 7) is 0.688. The first-order valence-electron chi connectivity index (χ1n) is 15.6. The van der Waals surface area contributed by atoms with Gasteiger partial charge in [-0.15, -0.1) is 0 Å². The fraction of sp³-hybridized carbons (Fsp3) is 0.515. The Hall–Kier alpha value is -3.35. The molecule has 5 heterocycles. The van der Waals surface area contributed by atoms with Gasteiger partial charge in [0.1, 0.15) is 12.4 Å². The Morgan fingerprint density at radius 3 is 2.33 bits per heavy atom. The topological polar surface area (TPSA) is 55.7 Å². The average Bonchev–Trinajstić information content (AvgIpc) is 3.25. The lowest BCUT2D eigenvalue weighted by Gasteiger charge is -2.43. The van der Waals surface area contributed by atoms with Gasteiger partial charge in [0, 0.05) is 73.7 Å². The second-order valence-electron chi connectivity index (χ2n) is 12.6. The molecule has 4 aromatic rings. The molecule has 240 valence electrons. The smallest absolute Gasteiger partial charge is 0.372 e. The number of likely N-dealkylation sites (tertiary alicyclic amines) is 1. The van der Waals surface area contributed by atoms with Gasteiger partial charge >= 0.3 is 6.18 Å². The number of anilines is 1. The maximum atomic E-state index is 14.4. The van der Waals surface area contributed by atoms with E-state index in [2.05, 4.69) is 9.97 Å². The van der Waals surface area contributed by atoms with Gasteiger partial charge in [0.25, 0.3) is 5.92 Å². The van der Waals surface area contributed by atoms with Crippen molar-refractivity contribution < 1.29 is 31.4 Å². The third-order valence-corrected chi connectivity index (χ3v) is 9.42. The largest absolute Gasteiger partial charge is 0.419 e. The third kappa shape index (κ3) is 6.24. The maximum Gasteiger partial charge on any atom is 0.419 e. The van der Waals surface area contributed by atoms with Crippen LogP contribution in [0.4, 0.5) is 27.8 Å². The lowest BCUT2D eigenvalue weighted by atomic mass is 9.96. The summed E-state index contributed by atoms with van der Waals surface area (Å²) in [5.74, 6) is -3.00. The van der Waals surface area contributed by atoms with Crippen LogP contribution >= 0.6 is 0 Å². The number of aromatic nitrogens is 3. The number of fused-ring (bicyclic) bond motifs is 3. The zero-order valence-corrected chi connectivity index (χ0v) is 25.1. The van der Waals surface area contributed by atoms with Gasteiger partial charge in [0.15, 0.2) is 0 Å². The molecule has 0 amide bonds. The summed E-state index contributed by atoms with van der Waals surface area (Å²) in [6.07, 6.45) is 4.02. The van der Waals surface area contributed by atoms with Crippen molar-refractivity contribution in [2.75, 3.05) is 44.2 Å². The number of benzene rings is 1. The van der Waals surface area contributed by atoms with Crippen molar-refractivity contribution in [1.82, 2.24) is 19.4 Å². The van der Waals surface area contributed by atoms with Crippen molar-refractivity contribution >= 4 is 27.6 Å². The number of pyridine rings is 2. The molecule has 0 N–H and O–H groups in total. The lowest BCUT2D eigenvalue weighted by molar-refractivity contribution is -0.137. The number of hydrogen-bond acceptors (Lipinski definition) is 6. The van der Waals surface area contributed by atoms with E-state index < -0.39 is 24.3 Å². The highest BCUT2D eigenvalue weighted by Gasteiger charge is 2.41. The second kappa shape index (κ2) is 11.8. The highest BCUT2D eigenvalue weighted by atomic mass is 19.4. The Labute approximate surface area is 257 Å². The maximum absolute atomic E-state index is 14.4. The van der Waals surface area contributed by atoms with Crippen LogP contribution in [-0.4, -0.2) is 83.0 Å². The van der Waals surface area contributed by atoms with Gasteiger partial charge < -0.3 is 18.9 Å². The minimum Gasteiger partial charge on any atom is -0.372 e. The molecule has 1 saturated carbocycles. The first kappa shape index (κ1) is 30.3. The van der Waals surface area contributed by atoms with Crippen LogP contribution in [0.15, 0.2) is 48.9 Å². The number of hydrogen-bond donors (Lipinski definition) is 0. The molecule has 1 aliphatic carbocycles. The molecule has 3 aliphatic rings. The minimum atomic E-state index is -4.59. The van der Waals surface area contributed by atoms with Crippen molar-refractivity contribution in [3.63, 3.8) is 0 Å². The van der Waals surface area contributed by atoms with E-state index in [-0.39, 0.29) is 30.7 Å². The quantitative estimate of drug-likeness (QED) is 0.193. The summed E-state index contributed by atoms with van der Waals surface area (Å²) in [4.78, 5) is 11.8. The summed E-state index contributed by atoms with van der Waals surface area (Å²) < 4.78 is 85.1. The number of alkyl halides is 5. The number of rotatable bonds is 9. The molecule has 12 heteroatoms. The van der Waals surface area contributed by atoms with E-state index in [1.165, 1.54) is 12.3 Å². The highest BCUT2D eigenvalue weighted by molar-refractivity contribution is 6.08. The summed E-state index contributed by atoms with van der Waals surface area (Å²) in [5.41, 5.74) is 2.14. The Balaban J connectivity index is 0.969. The van der Waals surface area contributed by atoms with E-state index in [1.54, 1.807) is 22.2 Å². The number of halogens is 5. The molecule has 0 unspecified atom stereocenters. The molecule has 3 aromatic heterocycles. The van der Waals surface area contributed by atoms with E-state index in [9.17, 15) is 22.0 Å². The van der Waals surface area contributed by atoms with Crippen LogP contribution in [0.1, 0.15) is 37.7 Å². The first-order chi connectivity index (χ1) is 21.5. The fourth-order valence-electron chi connectivity index (χ4n) is 6.63. The second-order valence-corrected chi connectivity index (χ2v) is 12.6. The molecule has 1 aromatic carbocycles. The number of ether oxygens (including phenoxy) is 2. The Morgan fingerprint density at radius 2 is 1.62 bits per heavy atom. The van der Waals surface area contributed by atoms with E-state index in [0.29, 0.717) is 50.1 Å². The van der Waals surface area contributed by atoms with Crippen molar-refractivity contribution in [3.05, 3.63) is 54.5 Å². The Kier molecular flexibility index (Phi) is 7.94. The highest BCUT2D eigenvalue weighted by Crippen LogP contribution is 2.40. The number of aryl methyl sites for hydroxylation is 1. The van der Waals surface area contributed by atoms with Crippen LogP contribution in [0.25, 0.3) is 32.9 Å². The van der Waals surface area contributed by atoms with E-state index in [1.807, 2.05) is 35.9 Å². The Bertz CT molecular complexity index is 1670. The van der Waals surface area contributed by atoms with Crippen molar-refractivity contribution in [3.8, 4) is 11.1 Å². The summed E-state index contributed by atoms with van der Waals surface area (Å²) in [7, 11) is 1.92. The molecule has 7 nitrogen and oxygen atoms in total. The molecular formula is C33H36F5N5O2. The predicted molar refractivity (Wildman–Crippen MR) is 162 cm³/mol. The van der Waals surface area contributed by atoms with E-state index >= 15 is 0 Å². The summed E-state index contributed by atoms with van der Waals surface area (Å²) >= 11 is 0. The Morgan fingerprint density at radius 1 is 0.844 bits per heavy atom. The van der Waals surface area contributed by atoms with Gasteiger partial charge in [-0.2, -0.15) is 13.2 Å². The number of piperidine rings is 1. The molecule has 0 radical (unpaired) electrons. The predicted octanol–water partition coefficient (Wildman–Crippen LogP) is 6.68. The molecule has 3 fully saturated rings. The van der Waals surface area contributed by atoms with Gasteiger partial charge in [-0.3, -0.25) is 9.88 Å². The molecule has 0 atom stereocenters. The molecule has 45 heavy (non-hydrogen) atoms. The van der Waals surface area contributed by atoms with Crippen molar-refractivity contribution in [1.29, 1.82) is 0 Å². The van der Waals surface area contributed by atoms with Crippen LogP contribution in [0, 0.1) is 0 Å². The first-order valence-corrected chi connectivity index (χ1v) is 15.6. The standard InChI is InChI=1S/C33H36F5N5O2/c1-41-29-7-10-39-16-27(29)26-6-5-21(14-30(26)41)22-13-28(33(36,37)38)31(40-15-22)43-17-25(18-43)45-24-8-11-42(12-9-24)19-32(34,35)20-44-23-3-2-4-23/h5-7,10,13-16,23-25H,2-4,8-9,11-12,17-20H2,1H3. The zero-order chi connectivity index (χ0) is 31.3. The molecule has 7 rings (SSSR count). The van der Waals surface area contributed by atoms with Gasteiger partial charge in [-0.05, 0) is 55.9 Å². The van der Waals surface area contributed by atoms with Gasteiger partial charge in [0.2, 0.25) is 0 Å². The van der Waals surface area contributed by atoms with Crippen LogP contribution in [0.5, 0.6) is 0 Å². The van der Waals surface area contributed by atoms with Crippen LogP contribution < -0.4 is 4.90 Å². The fourth-order valence-corrected chi connectivity index (χ4v) is 6.63. The lowest BCUT2D eigenvalue weighted by Crippen LogP contribution is -2.55. The zero-order valence-electron chi connectivity index (χ0n) is 25.1. The molecule has 2 aliphatic heterocycles. The van der Waals surface area contributed by atoms with E-state index in [4.69, 9.17) is 9.47 Å². The van der Waals surface area contributed by atoms with E-state index in [0.717, 1.165) is 41.1 Å². The average molecular weight is 630 g/mol. The molecular weight excluding hydrogens is 593 g/mol. The van der Waals surface area contributed by atoms with Crippen molar-refractivity contribution in [2.45, 2.75) is 62.5 Å². The molecule has 2 saturated heterocycles. The minimum absolute atomic E-state index is 0.0266. The van der Waals surface area contributed by atoms with Gasteiger partial charge in [0.05, 0.1) is 35.9 Å². The monoisotopic (exact) mass is 629 g/mol. The van der Waals surface area contributed by atoms with Crippen LogP contribution in [0.2, 0.25) is 0 Å². The van der Waals surface area contributed by atoms with Gasteiger partial charge in [-0.25, -0.2) is 13.8 Å². The van der Waals surface area contributed by atoms with Crippen molar-refractivity contribution in [2.24, 2.45) is 7.05 Å². The van der Waals surface area contributed by atoms with Crippen LogP contribution in [0.3, 0.4) is 0 Å². The normalized spacial score (nSPS) is 19.4. The summed E-state index contributed by atoms with van der Waals surface area (Å²) in [5, 5.41) is 1.96. The molecule has 0 spiro atoms. The van der Waals surface area contributed by atoms with Crippen LogP contribution in [-0.2, 0) is 22.7 Å². The number of nitrogens with zero attached hydrogens (tertiary/aromatic N) is 5.